The van der Waals surface area contributed by atoms with Crippen LogP contribution in [0.15, 0.2) is 18.2 Å². The van der Waals surface area contributed by atoms with Gasteiger partial charge in [0.25, 0.3) is 0 Å². The van der Waals surface area contributed by atoms with Crippen molar-refractivity contribution in [2.75, 3.05) is 11.9 Å². The number of benzene rings is 1. The highest BCUT2D eigenvalue weighted by atomic mass is 32.1. The third-order valence-electron chi connectivity index (χ3n) is 4.76. The first kappa shape index (κ1) is 16.3. The number of nitrogens with zero attached hydrogens (tertiary/aromatic N) is 1. The van der Waals surface area contributed by atoms with Gasteiger partial charge in [-0.15, -0.1) is 0 Å². The SMILES string of the molecule is CCOc1ccc2nc(NC(=O)[C@H]3[C@@H](C(=O)O)[C@@H]4CC[C@@H]3O4)sc2c1. The maximum absolute atomic E-state index is 12.7. The smallest absolute Gasteiger partial charge is 0.310 e. The summed E-state index contributed by atoms with van der Waals surface area (Å²) in [6, 6.07) is 5.56. The highest BCUT2D eigenvalue weighted by molar-refractivity contribution is 7.22. The average Bonchev–Trinajstić information content (AvgIpc) is 3.27. The lowest BCUT2D eigenvalue weighted by molar-refractivity contribution is -0.147. The van der Waals surface area contributed by atoms with Gasteiger partial charge in [-0.2, -0.15) is 0 Å². The number of carbonyl (C=O) groups is 2. The largest absolute Gasteiger partial charge is 0.494 e. The van der Waals surface area contributed by atoms with Gasteiger partial charge in [-0.3, -0.25) is 9.59 Å². The number of carboxylic acids is 1. The number of amides is 1. The van der Waals surface area contributed by atoms with Crippen LogP contribution in [0.25, 0.3) is 10.2 Å². The number of rotatable bonds is 5. The van der Waals surface area contributed by atoms with E-state index in [-0.39, 0.29) is 18.1 Å². The van der Waals surface area contributed by atoms with Gasteiger partial charge < -0.3 is 19.9 Å². The summed E-state index contributed by atoms with van der Waals surface area (Å²) >= 11 is 1.34. The summed E-state index contributed by atoms with van der Waals surface area (Å²) in [7, 11) is 0. The predicted octanol–water partition coefficient (Wildman–Crippen LogP) is 2.51. The first-order valence-electron chi connectivity index (χ1n) is 8.29. The molecular weight excluding hydrogens is 344 g/mol. The van der Waals surface area contributed by atoms with Crippen LogP contribution in [0.3, 0.4) is 0 Å². The molecule has 1 amide bonds. The molecule has 2 fully saturated rings. The summed E-state index contributed by atoms with van der Waals surface area (Å²) in [5.41, 5.74) is 0.766. The van der Waals surface area contributed by atoms with Gasteiger partial charge in [-0.25, -0.2) is 4.98 Å². The third-order valence-corrected chi connectivity index (χ3v) is 5.70. The second-order valence-electron chi connectivity index (χ2n) is 6.25. The summed E-state index contributed by atoms with van der Waals surface area (Å²) in [6.45, 7) is 2.49. The number of nitrogens with one attached hydrogen (secondary N) is 1. The Kier molecular flexibility index (Phi) is 4.09. The van der Waals surface area contributed by atoms with Gasteiger partial charge in [0.15, 0.2) is 5.13 Å². The first-order valence-corrected chi connectivity index (χ1v) is 9.11. The van der Waals surface area contributed by atoms with E-state index in [1.807, 2.05) is 25.1 Å². The number of ether oxygens (including phenoxy) is 2. The van der Waals surface area contributed by atoms with Crippen molar-refractivity contribution in [2.45, 2.75) is 32.0 Å². The molecule has 7 nitrogen and oxygen atoms in total. The van der Waals surface area contributed by atoms with Gasteiger partial charge in [-0.05, 0) is 38.0 Å². The minimum absolute atomic E-state index is 0.315. The topological polar surface area (TPSA) is 97.8 Å². The van der Waals surface area contributed by atoms with Gasteiger partial charge >= 0.3 is 5.97 Å². The number of hydrogen-bond donors (Lipinski definition) is 2. The molecular formula is C17H18N2O5S. The highest BCUT2D eigenvalue weighted by Gasteiger charge is 2.55. The minimum Gasteiger partial charge on any atom is -0.494 e. The van der Waals surface area contributed by atoms with Crippen molar-refractivity contribution in [1.29, 1.82) is 0 Å². The van der Waals surface area contributed by atoms with Crippen molar-refractivity contribution in [3.05, 3.63) is 18.2 Å². The number of carbonyl (C=O) groups excluding carboxylic acids is 1. The quantitative estimate of drug-likeness (QED) is 0.848. The molecule has 2 aromatic rings. The molecule has 132 valence electrons. The average molecular weight is 362 g/mol. The van der Waals surface area contributed by atoms with Crippen molar-refractivity contribution in [1.82, 2.24) is 4.98 Å². The molecule has 8 heteroatoms. The van der Waals surface area contributed by atoms with Crippen LogP contribution in [0.4, 0.5) is 5.13 Å². The molecule has 1 aromatic carbocycles. The van der Waals surface area contributed by atoms with Gasteiger partial charge in [0.05, 0.1) is 40.9 Å². The standard InChI is InChI=1S/C17H18N2O5S/c1-2-23-8-3-4-9-12(7-8)25-17(18-9)19-15(20)13-10-5-6-11(24-10)14(13)16(21)22/h3-4,7,10-11,13-14H,2,5-6H2,1H3,(H,21,22)(H,18,19,20)/t10-,11-,13+,14-/m0/s1. The summed E-state index contributed by atoms with van der Waals surface area (Å²) in [5, 5.41) is 12.7. The second-order valence-corrected chi connectivity index (χ2v) is 7.28. The van der Waals surface area contributed by atoms with E-state index in [2.05, 4.69) is 10.3 Å². The molecule has 2 aliphatic heterocycles. The van der Waals surface area contributed by atoms with E-state index >= 15 is 0 Å². The Hall–Kier alpha value is -2.19. The van der Waals surface area contributed by atoms with Crippen molar-refractivity contribution < 1.29 is 24.2 Å². The van der Waals surface area contributed by atoms with Crippen molar-refractivity contribution in [2.24, 2.45) is 11.8 Å². The fraction of sp³-hybridized carbons (Fsp3) is 0.471. The molecule has 1 aromatic heterocycles. The Balaban J connectivity index is 1.54. The van der Waals surface area contributed by atoms with E-state index in [1.165, 1.54) is 11.3 Å². The second kappa shape index (κ2) is 6.27. The lowest BCUT2D eigenvalue weighted by Crippen LogP contribution is -2.40. The number of hydrogen-bond acceptors (Lipinski definition) is 6. The molecule has 3 heterocycles. The molecule has 2 bridgehead atoms. The van der Waals surface area contributed by atoms with Crippen LogP contribution < -0.4 is 10.1 Å². The molecule has 0 radical (unpaired) electrons. The number of fused-ring (bicyclic) bond motifs is 3. The Morgan fingerprint density at radius 1 is 1.36 bits per heavy atom. The Morgan fingerprint density at radius 2 is 2.12 bits per heavy atom. The van der Waals surface area contributed by atoms with E-state index in [0.29, 0.717) is 18.2 Å². The van der Waals surface area contributed by atoms with E-state index in [0.717, 1.165) is 22.4 Å². The lowest BCUT2D eigenvalue weighted by atomic mass is 9.79. The van der Waals surface area contributed by atoms with Gasteiger partial charge in [0.2, 0.25) is 5.91 Å². The van der Waals surface area contributed by atoms with Crippen LogP contribution in [0, 0.1) is 11.8 Å². The summed E-state index contributed by atoms with van der Waals surface area (Å²) < 4.78 is 12.0. The maximum atomic E-state index is 12.7. The zero-order valence-electron chi connectivity index (χ0n) is 13.6. The summed E-state index contributed by atoms with van der Waals surface area (Å²) in [6.07, 6.45) is 0.754. The van der Waals surface area contributed by atoms with Crippen LogP contribution in [0.5, 0.6) is 5.75 Å². The van der Waals surface area contributed by atoms with Gasteiger partial charge in [-0.1, -0.05) is 11.3 Å². The number of carboxylic acid groups (broad SMARTS) is 1. The van der Waals surface area contributed by atoms with Crippen molar-refractivity contribution in [3.8, 4) is 5.75 Å². The van der Waals surface area contributed by atoms with Crippen LogP contribution in [0.1, 0.15) is 19.8 Å². The van der Waals surface area contributed by atoms with Crippen molar-refractivity contribution in [3.63, 3.8) is 0 Å². The molecule has 0 spiro atoms. The molecule has 25 heavy (non-hydrogen) atoms. The Bertz CT molecular complexity index is 836. The normalized spacial score (nSPS) is 27.6. The lowest BCUT2D eigenvalue weighted by Gasteiger charge is -2.23. The molecule has 4 rings (SSSR count). The summed E-state index contributed by atoms with van der Waals surface area (Å²) in [4.78, 5) is 28.6. The molecule has 2 saturated heterocycles. The fourth-order valence-electron chi connectivity index (χ4n) is 3.73. The maximum Gasteiger partial charge on any atom is 0.310 e. The Labute approximate surface area is 148 Å². The van der Waals surface area contributed by atoms with E-state index < -0.39 is 17.8 Å². The van der Waals surface area contributed by atoms with Crippen LogP contribution in [0.2, 0.25) is 0 Å². The molecule has 2 aliphatic rings. The molecule has 4 atom stereocenters. The number of anilines is 1. The number of thiazole rings is 1. The highest BCUT2D eigenvalue weighted by Crippen LogP contribution is 2.44. The van der Waals surface area contributed by atoms with Crippen LogP contribution in [-0.2, 0) is 14.3 Å². The van der Waals surface area contributed by atoms with Gasteiger partial charge in [0, 0.05) is 0 Å². The first-order chi connectivity index (χ1) is 12.1. The van der Waals surface area contributed by atoms with Gasteiger partial charge in [0.1, 0.15) is 5.75 Å². The van der Waals surface area contributed by atoms with Crippen LogP contribution >= 0.6 is 11.3 Å². The van der Waals surface area contributed by atoms with E-state index in [4.69, 9.17) is 9.47 Å². The molecule has 0 unspecified atom stereocenters. The van der Waals surface area contributed by atoms with Crippen molar-refractivity contribution >= 4 is 38.6 Å². The summed E-state index contributed by atoms with van der Waals surface area (Å²) in [5.74, 6) is -1.99. The molecule has 2 N–H and O–H groups in total. The minimum atomic E-state index is -0.974. The zero-order valence-corrected chi connectivity index (χ0v) is 14.4. The predicted molar refractivity (Wildman–Crippen MR) is 91.9 cm³/mol. The monoisotopic (exact) mass is 362 g/mol. The zero-order chi connectivity index (χ0) is 17.6. The molecule has 0 saturated carbocycles. The number of aromatic nitrogens is 1. The van der Waals surface area contributed by atoms with E-state index in [1.54, 1.807) is 0 Å². The number of aliphatic carboxylic acids is 1. The van der Waals surface area contributed by atoms with E-state index in [9.17, 15) is 14.7 Å². The Morgan fingerprint density at radius 3 is 2.84 bits per heavy atom. The molecule has 0 aliphatic carbocycles. The third kappa shape index (κ3) is 2.85. The fourth-order valence-corrected chi connectivity index (χ4v) is 4.63. The van der Waals surface area contributed by atoms with Crippen LogP contribution in [-0.4, -0.2) is 40.8 Å².